The summed E-state index contributed by atoms with van der Waals surface area (Å²) < 4.78 is 0. The van der Waals surface area contributed by atoms with Gasteiger partial charge >= 0.3 is 0 Å². The molecule has 0 aliphatic carbocycles. The number of nitrogen functional groups attached to an aromatic ring is 1. The molecule has 4 N–H and O–H groups in total. The van der Waals surface area contributed by atoms with Gasteiger partial charge in [0.2, 0.25) is 0 Å². The molecule has 0 aromatic carbocycles. The Hall–Kier alpha value is -1.69. The smallest absolute Gasteiger partial charge is 0.162 e. The molecule has 0 saturated carbocycles. The van der Waals surface area contributed by atoms with E-state index in [0.717, 1.165) is 0 Å². The largest absolute Gasteiger partial charge is 0.394 e. The first-order valence-corrected chi connectivity index (χ1v) is 4.57. The molecule has 6 heteroatoms. The average molecular weight is 209 g/mol. The van der Waals surface area contributed by atoms with Gasteiger partial charge in [-0.1, -0.05) is 0 Å². The number of nitrogens with one attached hydrogen (secondary N) is 1. The number of likely N-dealkylation sites (N-methyl/N-ethyl adjacent to an activating group) is 1. The van der Waals surface area contributed by atoms with Crippen LogP contribution in [-0.2, 0) is 0 Å². The lowest BCUT2D eigenvalue weighted by molar-refractivity contribution is 0.269. The zero-order chi connectivity index (χ0) is 11.4. The zero-order valence-corrected chi connectivity index (χ0v) is 8.81. The van der Waals surface area contributed by atoms with Crippen molar-refractivity contribution in [1.82, 2.24) is 10.2 Å². The number of aromatic nitrogens is 2. The van der Waals surface area contributed by atoms with Gasteiger partial charge in [-0.2, -0.15) is 5.10 Å². The molecule has 6 nitrogen and oxygen atoms in total. The number of aliphatic hydroxyl groups is 1. The molecule has 82 valence electrons. The van der Waals surface area contributed by atoms with Gasteiger partial charge < -0.3 is 15.7 Å². The number of hydrogen-bond donors (Lipinski definition) is 3. The fraction of sp³-hybridized carbons (Fsp3) is 0.444. The number of aliphatic hydroxyl groups excluding tert-OH is 1. The Balaban J connectivity index is 3.07. The summed E-state index contributed by atoms with van der Waals surface area (Å²) in [6, 6.07) is 1.53. The minimum atomic E-state index is -0.0974. The second-order valence-corrected chi connectivity index (χ2v) is 3.32. The first kappa shape index (κ1) is 11.4. The number of amidine groups is 1. The van der Waals surface area contributed by atoms with E-state index in [-0.39, 0.29) is 18.5 Å². The summed E-state index contributed by atoms with van der Waals surface area (Å²) in [6.45, 7) is 1.85. The van der Waals surface area contributed by atoms with E-state index in [1.165, 1.54) is 6.20 Å². The van der Waals surface area contributed by atoms with Gasteiger partial charge in [0.1, 0.15) is 5.84 Å². The molecular formula is C9H15N5O. The number of hydrogen-bond acceptors (Lipinski definition) is 5. The van der Waals surface area contributed by atoms with Crippen LogP contribution in [0.5, 0.6) is 0 Å². The summed E-state index contributed by atoms with van der Waals surface area (Å²) in [4.78, 5) is 1.74. The topological polar surface area (TPSA) is 99.1 Å². The highest BCUT2D eigenvalue weighted by Gasteiger charge is 2.15. The van der Waals surface area contributed by atoms with Gasteiger partial charge in [0.05, 0.1) is 24.4 Å². The number of anilines is 1. The van der Waals surface area contributed by atoms with Crippen molar-refractivity contribution < 1.29 is 5.11 Å². The van der Waals surface area contributed by atoms with Crippen LogP contribution in [0.25, 0.3) is 0 Å². The van der Waals surface area contributed by atoms with Crippen molar-refractivity contribution in [2.75, 3.05) is 18.6 Å². The predicted molar refractivity (Wildman–Crippen MR) is 58.0 cm³/mol. The maximum atomic E-state index is 9.02. The second-order valence-electron chi connectivity index (χ2n) is 3.32. The van der Waals surface area contributed by atoms with Gasteiger partial charge in [0, 0.05) is 7.05 Å². The molecule has 0 radical (unpaired) electrons. The number of rotatable bonds is 4. The predicted octanol–water partition coefficient (Wildman–Crippen LogP) is -0.422. The van der Waals surface area contributed by atoms with Crippen LogP contribution in [-0.4, -0.2) is 40.8 Å². The van der Waals surface area contributed by atoms with Gasteiger partial charge in [0.15, 0.2) is 5.82 Å². The Morgan fingerprint density at radius 1 is 1.73 bits per heavy atom. The Labute approximate surface area is 88.2 Å². The van der Waals surface area contributed by atoms with Crippen LogP contribution in [0.1, 0.15) is 12.5 Å². The van der Waals surface area contributed by atoms with E-state index in [1.54, 1.807) is 18.0 Å². The van der Waals surface area contributed by atoms with Gasteiger partial charge in [-0.05, 0) is 13.0 Å². The maximum Gasteiger partial charge on any atom is 0.162 e. The van der Waals surface area contributed by atoms with E-state index >= 15 is 0 Å². The van der Waals surface area contributed by atoms with E-state index in [9.17, 15) is 0 Å². The molecule has 1 aromatic heterocycles. The van der Waals surface area contributed by atoms with Gasteiger partial charge in [-0.25, -0.2) is 0 Å². The summed E-state index contributed by atoms with van der Waals surface area (Å²) in [6.07, 6.45) is 1.48. The van der Waals surface area contributed by atoms with Crippen LogP contribution in [0.4, 0.5) is 5.82 Å². The summed E-state index contributed by atoms with van der Waals surface area (Å²) >= 11 is 0. The molecular weight excluding hydrogens is 194 g/mol. The number of nitrogens with zero attached hydrogens (tertiary/aromatic N) is 3. The Bertz CT molecular complexity index is 354. The third-order valence-corrected chi connectivity index (χ3v) is 2.25. The molecule has 0 fully saturated rings. The zero-order valence-electron chi connectivity index (χ0n) is 8.81. The minimum Gasteiger partial charge on any atom is -0.394 e. The summed E-state index contributed by atoms with van der Waals surface area (Å²) in [5.41, 5.74) is 5.94. The van der Waals surface area contributed by atoms with E-state index in [2.05, 4.69) is 10.2 Å². The molecule has 1 unspecified atom stereocenters. The molecule has 1 heterocycles. The van der Waals surface area contributed by atoms with E-state index in [1.807, 2.05) is 6.92 Å². The molecule has 0 saturated heterocycles. The van der Waals surface area contributed by atoms with Crippen molar-refractivity contribution in [3.05, 3.63) is 17.8 Å². The van der Waals surface area contributed by atoms with E-state index < -0.39 is 0 Å². The maximum absolute atomic E-state index is 9.02. The molecule has 1 aromatic rings. The second kappa shape index (κ2) is 4.70. The van der Waals surface area contributed by atoms with Crippen molar-refractivity contribution in [3.8, 4) is 0 Å². The van der Waals surface area contributed by atoms with Crippen LogP contribution in [0.2, 0.25) is 0 Å². The summed E-state index contributed by atoms with van der Waals surface area (Å²) in [5, 5.41) is 24.1. The van der Waals surface area contributed by atoms with Crippen molar-refractivity contribution in [2.24, 2.45) is 5.73 Å². The van der Waals surface area contributed by atoms with Crippen molar-refractivity contribution >= 4 is 11.7 Å². The molecule has 1 rings (SSSR count). The van der Waals surface area contributed by atoms with Gasteiger partial charge in [0.25, 0.3) is 0 Å². The van der Waals surface area contributed by atoms with Gasteiger partial charge in [-0.3, -0.25) is 5.41 Å². The molecule has 15 heavy (non-hydrogen) atoms. The SMILES string of the molecule is CC(CO)N(C)c1nnccc1C(=N)N. The first-order chi connectivity index (χ1) is 7.07. The minimum absolute atomic E-state index is 0.00438. The Morgan fingerprint density at radius 2 is 2.40 bits per heavy atom. The third-order valence-electron chi connectivity index (χ3n) is 2.25. The highest BCUT2D eigenvalue weighted by molar-refractivity contribution is 5.99. The quantitative estimate of drug-likeness (QED) is 0.462. The van der Waals surface area contributed by atoms with Crippen LogP contribution in [0, 0.1) is 5.41 Å². The standard InChI is InChI=1S/C9H15N5O/c1-6(5-15)14(2)9-7(8(10)11)3-4-12-13-9/h3-4,6,15H,5H2,1-2H3,(H3,10,11). The van der Waals surface area contributed by atoms with Crippen LogP contribution >= 0.6 is 0 Å². The van der Waals surface area contributed by atoms with E-state index in [4.69, 9.17) is 16.2 Å². The highest BCUT2D eigenvalue weighted by atomic mass is 16.3. The van der Waals surface area contributed by atoms with Crippen LogP contribution in [0.15, 0.2) is 12.3 Å². The molecule has 0 bridgehead atoms. The van der Waals surface area contributed by atoms with E-state index in [0.29, 0.717) is 11.4 Å². The van der Waals surface area contributed by atoms with Gasteiger partial charge in [-0.15, -0.1) is 5.10 Å². The number of nitrogens with two attached hydrogens (primary N) is 1. The molecule has 0 spiro atoms. The monoisotopic (exact) mass is 209 g/mol. The lowest BCUT2D eigenvalue weighted by Gasteiger charge is -2.25. The lowest BCUT2D eigenvalue weighted by atomic mass is 10.2. The fourth-order valence-corrected chi connectivity index (χ4v) is 1.13. The van der Waals surface area contributed by atoms with Crippen molar-refractivity contribution in [3.63, 3.8) is 0 Å². The van der Waals surface area contributed by atoms with Crippen LogP contribution < -0.4 is 10.6 Å². The summed E-state index contributed by atoms with van der Waals surface area (Å²) in [5.74, 6) is 0.448. The van der Waals surface area contributed by atoms with Crippen LogP contribution in [0.3, 0.4) is 0 Å². The molecule has 0 amide bonds. The first-order valence-electron chi connectivity index (χ1n) is 4.57. The summed E-state index contributed by atoms with van der Waals surface area (Å²) in [7, 11) is 1.78. The highest BCUT2D eigenvalue weighted by Crippen LogP contribution is 2.15. The Morgan fingerprint density at radius 3 is 2.93 bits per heavy atom. The average Bonchev–Trinajstić information content (AvgIpc) is 2.27. The normalized spacial score (nSPS) is 12.2. The van der Waals surface area contributed by atoms with Crippen molar-refractivity contribution in [1.29, 1.82) is 5.41 Å². The lowest BCUT2D eigenvalue weighted by Crippen LogP contribution is -2.34. The third kappa shape index (κ3) is 2.41. The molecule has 0 aliphatic rings. The van der Waals surface area contributed by atoms with Crippen molar-refractivity contribution in [2.45, 2.75) is 13.0 Å². The molecule has 0 aliphatic heterocycles. The fourth-order valence-electron chi connectivity index (χ4n) is 1.13. The Kier molecular flexibility index (Phi) is 3.56. The molecule has 1 atom stereocenters.